The highest BCUT2D eigenvalue weighted by atomic mass is 79.9. The van der Waals surface area contributed by atoms with Gasteiger partial charge < -0.3 is 5.32 Å². The molecule has 1 N–H and O–H groups in total. The van der Waals surface area contributed by atoms with Crippen molar-refractivity contribution in [2.24, 2.45) is 7.05 Å². The summed E-state index contributed by atoms with van der Waals surface area (Å²) in [7, 11) is 1.88. The summed E-state index contributed by atoms with van der Waals surface area (Å²) in [5.41, 5.74) is 2.61. The largest absolute Gasteiger partial charge is 0.345 e. The van der Waals surface area contributed by atoms with Gasteiger partial charge in [0.15, 0.2) is 0 Å². The summed E-state index contributed by atoms with van der Waals surface area (Å²) in [6, 6.07) is 5.00. The van der Waals surface area contributed by atoms with E-state index in [0.717, 1.165) is 11.3 Å². The maximum atomic E-state index is 12.2. The van der Waals surface area contributed by atoms with E-state index < -0.39 is 0 Å². The highest BCUT2D eigenvalue weighted by Gasteiger charge is 2.16. The Bertz CT molecular complexity index is 654. The number of aromatic nitrogens is 2. The molecule has 0 aliphatic rings. The Morgan fingerprint density at radius 3 is 2.75 bits per heavy atom. The third kappa shape index (κ3) is 3.04. The number of aryl methyl sites for hydroxylation is 1. The molecule has 0 saturated heterocycles. The van der Waals surface area contributed by atoms with Crippen LogP contribution in [0.1, 0.15) is 34.6 Å². The highest BCUT2D eigenvalue weighted by molar-refractivity contribution is 9.10. The van der Waals surface area contributed by atoms with Crippen molar-refractivity contribution in [2.75, 3.05) is 0 Å². The Hall–Kier alpha value is -1.33. The van der Waals surface area contributed by atoms with Crippen molar-refractivity contribution in [3.05, 3.63) is 50.7 Å². The topological polar surface area (TPSA) is 46.9 Å². The van der Waals surface area contributed by atoms with E-state index in [9.17, 15) is 4.79 Å². The lowest BCUT2D eigenvalue weighted by Gasteiger charge is -2.14. The molecule has 2 rings (SSSR count). The molecular weight excluding hydrogens is 342 g/mol. The molecule has 0 saturated carbocycles. The van der Waals surface area contributed by atoms with Gasteiger partial charge in [-0.05, 0) is 48.0 Å². The van der Waals surface area contributed by atoms with Gasteiger partial charge in [-0.25, -0.2) is 0 Å². The van der Waals surface area contributed by atoms with Crippen molar-refractivity contribution < 1.29 is 4.79 Å². The van der Waals surface area contributed by atoms with E-state index in [1.807, 2.05) is 20.9 Å². The smallest absolute Gasteiger partial charge is 0.251 e. The van der Waals surface area contributed by atoms with E-state index in [0.29, 0.717) is 15.1 Å². The molecule has 0 radical (unpaired) electrons. The van der Waals surface area contributed by atoms with Crippen molar-refractivity contribution >= 4 is 33.4 Å². The molecule has 0 aliphatic carbocycles. The predicted molar refractivity (Wildman–Crippen MR) is 83.0 cm³/mol. The molecular formula is C14H15BrClN3O. The van der Waals surface area contributed by atoms with Crippen LogP contribution in [-0.4, -0.2) is 15.7 Å². The Balaban J connectivity index is 2.15. The summed E-state index contributed by atoms with van der Waals surface area (Å²) in [6.07, 6.45) is 1.78. The monoisotopic (exact) mass is 355 g/mol. The van der Waals surface area contributed by atoms with Crippen LogP contribution >= 0.6 is 27.5 Å². The van der Waals surface area contributed by atoms with Gasteiger partial charge in [0.05, 0.1) is 17.3 Å². The normalized spacial score (nSPS) is 12.2. The molecule has 1 unspecified atom stereocenters. The molecule has 0 spiro atoms. The predicted octanol–water partition coefficient (Wildman–Crippen LogP) is 3.64. The lowest BCUT2D eigenvalue weighted by atomic mass is 10.1. The second-order valence-corrected chi connectivity index (χ2v) is 5.89. The van der Waals surface area contributed by atoms with E-state index in [2.05, 4.69) is 26.3 Å². The van der Waals surface area contributed by atoms with Gasteiger partial charge in [0, 0.05) is 28.3 Å². The molecule has 0 fully saturated rings. The van der Waals surface area contributed by atoms with Crippen LogP contribution in [0.5, 0.6) is 0 Å². The van der Waals surface area contributed by atoms with Crippen LogP contribution in [-0.2, 0) is 7.05 Å². The standard InChI is InChI=1S/C14H15BrClN3O/c1-8(11-7-17-19(3)9(11)2)18-14(20)10-4-5-13(16)12(15)6-10/h4-8H,1-3H3,(H,18,20). The van der Waals surface area contributed by atoms with Crippen LogP contribution in [0.2, 0.25) is 5.02 Å². The number of benzene rings is 1. The first-order valence-corrected chi connectivity index (χ1v) is 7.31. The summed E-state index contributed by atoms with van der Waals surface area (Å²) in [5, 5.41) is 7.72. The Morgan fingerprint density at radius 2 is 2.20 bits per heavy atom. The number of hydrogen-bond acceptors (Lipinski definition) is 2. The maximum absolute atomic E-state index is 12.2. The summed E-state index contributed by atoms with van der Waals surface area (Å²) in [5.74, 6) is -0.141. The Kier molecular flexibility index (Phi) is 4.50. The summed E-state index contributed by atoms with van der Waals surface area (Å²) in [6.45, 7) is 3.91. The minimum Gasteiger partial charge on any atom is -0.345 e. The van der Waals surface area contributed by atoms with Crippen LogP contribution in [0, 0.1) is 6.92 Å². The van der Waals surface area contributed by atoms with Gasteiger partial charge in [0.2, 0.25) is 0 Å². The van der Waals surface area contributed by atoms with Gasteiger partial charge in [0.1, 0.15) is 0 Å². The third-order valence-corrected chi connectivity index (χ3v) is 4.48. The minimum atomic E-state index is -0.141. The van der Waals surface area contributed by atoms with E-state index in [1.165, 1.54) is 0 Å². The number of halogens is 2. The van der Waals surface area contributed by atoms with Gasteiger partial charge in [-0.1, -0.05) is 11.6 Å². The summed E-state index contributed by atoms with van der Waals surface area (Å²) >= 11 is 9.24. The maximum Gasteiger partial charge on any atom is 0.251 e. The zero-order chi connectivity index (χ0) is 14.9. The van der Waals surface area contributed by atoms with Gasteiger partial charge in [-0.3, -0.25) is 9.48 Å². The van der Waals surface area contributed by atoms with Crippen LogP contribution in [0.3, 0.4) is 0 Å². The van der Waals surface area contributed by atoms with Gasteiger partial charge >= 0.3 is 0 Å². The third-order valence-electron chi connectivity index (χ3n) is 3.27. The van der Waals surface area contributed by atoms with Crippen LogP contribution in [0.15, 0.2) is 28.9 Å². The average molecular weight is 357 g/mol. The molecule has 6 heteroatoms. The molecule has 1 aromatic heterocycles. The summed E-state index contributed by atoms with van der Waals surface area (Å²) < 4.78 is 2.49. The van der Waals surface area contributed by atoms with Crippen molar-refractivity contribution in [2.45, 2.75) is 19.9 Å². The van der Waals surface area contributed by atoms with Crippen LogP contribution in [0.25, 0.3) is 0 Å². The molecule has 1 heterocycles. The first kappa shape index (κ1) is 15.1. The molecule has 4 nitrogen and oxygen atoms in total. The number of rotatable bonds is 3. The zero-order valence-corrected chi connectivity index (χ0v) is 13.8. The van der Waals surface area contributed by atoms with E-state index in [-0.39, 0.29) is 11.9 Å². The fraction of sp³-hybridized carbons (Fsp3) is 0.286. The zero-order valence-electron chi connectivity index (χ0n) is 11.4. The van der Waals surface area contributed by atoms with E-state index >= 15 is 0 Å². The molecule has 106 valence electrons. The lowest BCUT2D eigenvalue weighted by Crippen LogP contribution is -2.26. The first-order chi connectivity index (χ1) is 9.40. The number of carbonyl (C=O) groups excluding carboxylic acids is 1. The molecule has 0 aliphatic heterocycles. The number of hydrogen-bond donors (Lipinski definition) is 1. The second kappa shape index (κ2) is 5.97. The second-order valence-electron chi connectivity index (χ2n) is 4.63. The number of nitrogens with zero attached hydrogens (tertiary/aromatic N) is 2. The number of carbonyl (C=O) groups is 1. The Morgan fingerprint density at radius 1 is 1.50 bits per heavy atom. The fourth-order valence-electron chi connectivity index (χ4n) is 1.94. The lowest BCUT2D eigenvalue weighted by molar-refractivity contribution is 0.0940. The molecule has 1 aromatic carbocycles. The minimum absolute atomic E-state index is 0.106. The van der Waals surface area contributed by atoms with Crippen molar-refractivity contribution in [1.82, 2.24) is 15.1 Å². The van der Waals surface area contributed by atoms with Gasteiger partial charge in [0.25, 0.3) is 5.91 Å². The average Bonchev–Trinajstić information content (AvgIpc) is 2.73. The highest BCUT2D eigenvalue weighted by Crippen LogP contribution is 2.24. The molecule has 1 atom stereocenters. The van der Waals surface area contributed by atoms with Crippen LogP contribution < -0.4 is 5.32 Å². The SMILES string of the molecule is Cc1c(C(C)NC(=O)c2ccc(Cl)c(Br)c2)cnn1C. The van der Waals surface area contributed by atoms with E-state index in [4.69, 9.17) is 11.6 Å². The van der Waals surface area contributed by atoms with Crippen molar-refractivity contribution in [3.8, 4) is 0 Å². The van der Waals surface area contributed by atoms with Crippen molar-refractivity contribution in [1.29, 1.82) is 0 Å². The fourth-order valence-corrected chi connectivity index (χ4v) is 2.43. The summed E-state index contributed by atoms with van der Waals surface area (Å²) in [4.78, 5) is 12.2. The number of amides is 1. The molecule has 20 heavy (non-hydrogen) atoms. The van der Waals surface area contributed by atoms with Gasteiger partial charge in [-0.15, -0.1) is 0 Å². The quantitative estimate of drug-likeness (QED) is 0.913. The molecule has 0 bridgehead atoms. The van der Waals surface area contributed by atoms with E-state index in [1.54, 1.807) is 29.1 Å². The number of nitrogens with one attached hydrogen (secondary N) is 1. The van der Waals surface area contributed by atoms with Crippen molar-refractivity contribution in [3.63, 3.8) is 0 Å². The Labute approximate surface area is 131 Å². The molecule has 2 aromatic rings. The van der Waals surface area contributed by atoms with Crippen LogP contribution in [0.4, 0.5) is 0 Å². The molecule has 1 amide bonds. The van der Waals surface area contributed by atoms with Gasteiger partial charge in [-0.2, -0.15) is 5.10 Å². The first-order valence-electron chi connectivity index (χ1n) is 6.14.